The highest BCUT2D eigenvalue weighted by Gasteiger charge is 2.21. The fraction of sp³-hybridized carbons (Fsp3) is 0.625. The fourth-order valence-electron chi connectivity index (χ4n) is 2.74. The average Bonchev–Trinajstić information content (AvgIpc) is 3.08. The second kappa shape index (κ2) is 8.37. The van der Waals surface area contributed by atoms with Gasteiger partial charge in [0.1, 0.15) is 5.82 Å². The minimum atomic E-state index is -3.77. The molecule has 1 fully saturated rings. The van der Waals surface area contributed by atoms with E-state index in [2.05, 4.69) is 24.7 Å². The van der Waals surface area contributed by atoms with Crippen molar-refractivity contribution in [3.05, 3.63) is 17.8 Å². The average molecular weight is 411 g/mol. The van der Waals surface area contributed by atoms with Crippen molar-refractivity contribution in [3.63, 3.8) is 0 Å². The molecule has 12 heteroatoms. The van der Waals surface area contributed by atoms with E-state index in [9.17, 15) is 8.42 Å². The lowest BCUT2D eigenvalue weighted by atomic mass is 10.4. The maximum atomic E-state index is 12.6. The number of sulfonamides is 1. The Morgan fingerprint density at radius 2 is 1.89 bits per heavy atom. The zero-order valence-electron chi connectivity index (χ0n) is 16.6. The molecule has 3 rings (SSSR count). The van der Waals surface area contributed by atoms with Gasteiger partial charge in [0, 0.05) is 39.9 Å². The molecule has 0 amide bonds. The monoisotopic (exact) mass is 410 g/mol. The van der Waals surface area contributed by atoms with Crippen LogP contribution in [-0.2, 0) is 27.8 Å². The predicted octanol–water partition coefficient (Wildman–Crippen LogP) is -0.222. The highest BCUT2D eigenvalue weighted by molar-refractivity contribution is 7.89. The van der Waals surface area contributed by atoms with Crippen LogP contribution in [0.2, 0.25) is 0 Å². The number of aryl methyl sites for hydroxylation is 2. The van der Waals surface area contributed by atoms with Crippen LogP contribution in [0.4, 0.5) is 11.9 Å². The van der Waals surface area contributed by atoms with Crippen molar-refractivity contribution < 1.29 is 13.2 Å². The number of aromatic nitrogens is 5. The van der Waals surface area contributed by atoms with E-state index < -0.39 is 10.0 Å². The molecule has 0 unspecified atom stereocenters. The van der Waals surface area contributed by atoms with Gasteiger partial charge in [-0.05, 0) is 13.8 Å². The van der Waals surface area contributed by atoms with Crippen molar-refractivity contribution in [2.24, 2.45) is 0 Å². The summed E-state index contributed by atoms with van der Waals surface area (Å²) in [6, 6.07) is 0. The van der Waals surface area contributed by atoms with Gasteiger partial charge in [-0.15, -0.1) is 0 Å². The Morgan fingerprint density at radius 3 is 2.50 bits per heavy atom. The first-order valence-corrected chi connectivity index (χ1v) is 10.6. The van der Waals surface area contributed by atoms with Gasteiger partial charge in [0.25, 0.3) is 10.0 Å². The topological polar surface area (TPSA) is 118 Å². The van der Waals surface area contributed by atoms with Gasteiger partial charge in [-0.1, -0.05) is 0 Å². The van der Waals surface area contributed by atoms with Crippen LogP contribution in [-0.4, -0.2) is 73.3 Å². The van der Waals surface area contributed by atoms with Gasteiger partial charge in [0.05, 0.1) is 19.8 Å². The normalized spacial score (nSPS) is 15.1. The number of morpholine rings is 1. The van der Waals surface area contributed by atoms with Crippen molar-refractivity contribution in [1.29, 1.82) is 0 Å². The molecule has 1 aliphatic rings. The molecule has 0 aliphatic carbocycles. The molecule has 1 N–H and O–H groups in total. The zero-order valence-corrected chi connectivity index (χ0v) is 17.4. The van der Waals surface area contributed by atoms with Crippen LogP contribution >= 0.6 is 0 Å². The minimum absolute atomic E-state index is 0.0119. The number of rotatable bonds is 7. The van der Waals surface area contributed by atoms with Crippen molar-refractivity contribution in [2.75, 3.05) is 50.2 Å². The Bertz CT molecular complexity index is 922. The van der Waals surface area contributed by atoms with Gasteiger partial charge in [-0.2, -0.15) is 15.0 Å². The van der Waals surface area contributed by atoms with Crippen LogP contribution in [0.1, 0.15) is 18.6 Å². The maximum Gasteiger partial charge on any atom is 0.260 e. The zero-order chi connectivity index (χ0) is 20.3. The summed E-state index contributed by atoms with van der Waals surface area (Å²) >= 11 is 0. The summed E-state index contributed by atoms with van der Waals surface area (Å²) in [6.45, 7) is 6.85. The number of anilines is 2. The third-order valence-corrected chi connectivity index (χ3v) is 5.61. The first-order valence-electron chi connectivity index (χ1n) is 9.08. The highest BCUT2D eigenvalue weighted by Crippen LogP contribution is 2.15. The van der Waals surface area contributed by atoms with E-state index in [0.717, 1.165) is 0 Å². The summed E-state index contributed by atoms with van der Waals surface area (Å²) in [5, 5.41) is -0.0119. The summed E-state index contributed by atoms with van der Waals surface area (Å²) < 4.78 is 34.9. The summed E-state index contributed by atoms with van der Waals surface area (Å²) in [7, 11) is -0.119. The third-order valence-electron chi connectivity index (χ3n) is 4.34. The second-order valence-corrected chi connectivity index (χ2v) is 8.30. The highest BCUT2D eigenvalue weighted by atomic mass is 32.2. The smallest absolute Gasteiger partial charge is 0.260 e. The standard InChI is InChI=1S/C16H26N8O3S/c1-5-23-11-14(18-12(23)2)28(25,26)17-10-13-19-15(22(3)4)21-16(20-13)24-6-8-27-9-7-24/h11,17H,5-10H2,1-4H3. The van der Waals surface area contributed by atoms with Gasteiger partial charge in [0.15, 0.2) is 10.9 Å². The number of ether oxygens (including phenoxy) is 1. The molecule has 2 aromatic rings. The summed E-state index contributed by atoms with van der Waals surface area (Å²) in [4.78, 5) is 21.2. The molecule has 1 aliphatic heterocycles. The molecule has 28 heavy (non-hydrogen) atoms. The summed E-state index contributed by atoms with van der Waals surface area (Å²) in [5.41, 5.74) is 0. The molecule has 1 saturated heterocycles. The molecule has 0 atom stereocenters. The summed E-state index contributed by atoms with van der Waals surface area (Å²) in [5.74, 6) is 1.97. The van der Waals surface area contributed by atoms with Crippen LogP contribution in [0.25, 0.3) is 0 Å². The molecule has 0 aromatic carbocycles. The van der Waals surface area contributed by atoms with Crippen molar-refractivity contribution >= 4 is 21.9 Å². The number of imidazole rings is 1. The first-order chi connectivity index (χ1) is 13.3. The third kappa shape index (κ3) is 4.56. The number of nitrogens with one attached hydrogen (secondary N) is 1. The van der Waals surface area contributed by atoms with Crippen LogP contribution in [0.15, 0.2) is 11.2 Å². The molecule has 0 saturated carbocycles. The molecule has 3 heterocycles. The van der Waals surface area contributed by atoms with E-state index in [4.69, 9.17) is 4.74 Å². The van der Waals surface area contributed by atoms with E-state index in [1.54, 1.807) is 16.4 Å². The largest absolute Gasteiger partial charge is 0.378 e. The van der Waals surface area contributed by atoms with Crippen LogP contribution in [0.3, 0.4) is 0 Å². The second-order valence-electron chi connectivity index (χ2n) is 6.58. The molecular weight excluding hydrogens is 384 g/mol. The molecule has 0 bridgehead atoms. The van der Waals surface area contributed by atoms with Gasteiger partial charge in [-0.25, -0.2) is 18.1 Å². The molecular formula is C16H26N8O3S. The quantitative estimate of drug-likeness (QED) is 0.660. The Kier molecular flexibility index (Phi) is 6.10. The summed E-state index contributed by atoms with van der Waals surface area (Å²) in [6.07, 6.45) is 1.52. The predicted molar refractivity (Wildman–Crippen MR) is 104 cm³/mol. The minimum Gasteiger partial charge on any atom is -0.378 e. The van der Waals surface area contributed by atoms with Gasteiger partial charge >= 0.3 is 0 Å². The van der Waals surface area contributed by atoms with Crippen molar-refractivity contribution in [3.8, 4) is 0 Å². The Hall–Kier alpha value is -2.31. The molecule has 0 spiro atoms. The Balaban J connectivity index is 1.81. The van der Waals surface area contributed by atoms with E-state index in [0.29, 0.717) is 56.4 Å². The molecule has 0 radical (unpaired) electrons. The van der Waals surface area contributed by atoms with E-state index in [-0.39, 0.29) is 11.6 Å². The molecule has 11 nitrogen and oxygen atoms in total. The number of nitrogens with zero attached hydrogens (tertiary/aromatic N) is 7. The van der Waals surface area contributed by atoms with E-state index >= 15 is 0 Å². The number of hydrogen-bond acceptors (Lipinski definition) is 9. The number of hydrogen-bond donors (Lipinski definition) is 1. The van der Waals surface area contributed by atoms with Gasteiger partial charge < -0.3 is 19.1 Å². The lowest BCUT2D eigenvalue weighted by Gasteiger charge is -2.27. The van der Waals surface area contributed by atoms with Crippen LogP contribution in [0, 0.1) is 6.92 Å². The van der Waals surface area contributed by atoms with Crippen molar-refractivity contribution in [2.45, 2.75) is 32.0 Å². The van der Waals surface area contributed by atoms with Crippen LogP contribution in [0.5, 0.6) is 0 Å². The molecule has 154 valence electrons. The molecule has 2 aromatic heterocycles. The fourth-order valence-corrected chi connectivity index (χ4v) is 3.73. The van der Waals surface area contributed by atoms with E-state index in [1.165, 1.54) is 6.20 Å². The Morgan fingerprint density at radius 1 is 1.18 bits per heavy atom. The Labute approximate surface area is 164 Å². The van der Waals surface area contributed by atoms with Crippen molar-refractivity contribution in [1.82, 2.24) is 29.2 Å². The van der Waals surface area contributed by atoms with Gasteiger partial charge in [0.2, 0.25) is 11.9 Å². The van der Waals surface area contributed by atoms with E-state index in [1.807, 2.05) is 25.9 Å². The van der Waals surface area contributed by atoms with Gasteiger partial charge in [-0.3, -0.25) is 0 Å². The maximum absolute atomic E-state index is 12.6. The lowest BCUT2D eigenvalue weighted by molar-refractivity contribution is 0.122. The SMILES string of the molecule is CCn1cc(S(=O)(=O)NCc2nc(N(C)C)nc(N3CCOCC3)n2)nc1C. The van der Waals surface area contributed by atoms with Crippen LogP contribution < -0.4 is 14.5 Å². The lowest BCUT2D eigenvalue weighted by Crippen LogP contribution is -2.38. The first kappa shape index (κ1) is 20.4.